The molecule has 0 aromatic heterocycles. The third-order valence-electron chi connectivity index (χ3n) is 3.34. The van der Waals surface area contributed by atoms with E-state index in [4.69, 9.17) is 5.26 Å². The van der Waals surface area contributed by atoms with Gasteiger partial charge < -0.3 is 4.90 Å². The number of fused-ring (bicyclic) bond motifs is 1. The Kier molecular flexibility index (Phi) is 2.32. The van der Waals surface area contributed by atoms with Gasteiger partial charge in [-0.05, 0) is 24.7 Å². The van der Waals surface area contributed by atoms with Crippen molar-refractivity contribution >= 4 is 0 Å². The topological polar surface area (TPSA) is 27.0 Å². The first-order valence-electron chi connectivity index (χ1n) is 4.99. The highest BCUT2D eigenvalue weighted by Crippen LogP contribution is 2.37. The summed E-state index contributed by atoms with van der Waals surface area (Å²) in [6.45, 7) is 3.54. The van der Waals surface area contributed by atoms with Gasteiger partial charge in [0.1, 0.15) is 0 Å². The van der Waals surface area contributed by atoms with Gasteiger partial charge in [0.25, 0.3) is 0 Å². The molecule has 2 nitrogen and oxygen atoms in total. The van der Waals surface area contributed by atoms with Crippen molar-refractivity contribution in [3.8, 4) is 6.07 Å². The minimum atomic E-state index is 0.708. The minimum Gasteiger partial charge on any atom is -0.302 e. The lowest BCUT2D eigenvalue weighted by Crippen LogP contribution is -2.22. The molecule has 66 valence electrons. The minimum absolute atomic E-state index is 0.708. The summed E-state index contributed by atoms with van der Waals surface area (Å²) in [7, 11) is 0. The predicted octanol–water partition coefficient (Wildman–Crippen LogP) is 1.63. The van der Waals surface area contributed by atoms with Gasteiger partial charge in [-0.2, -0.15) is 5.26 Å². The summed E-state index contributed by atoms with van der Waals surface area (Å²) >= 11 is 0. The molecule has 0 radical (unpaired) electrons. The second kappa shape index (κ2) is 3.45. The number of nitrogens with zero attached hydrogens (tertiary/aromatic N) is 2. The standard InChI is InChI=1S/C10H16N2/c11-5-2-6-12-7-9-3-1-4-10(9)8-12/h9-10H,1-4,6-8H2/t9-,10+. The summed E-state index contributed by atoms with van der Waals surface area (Å²) in [4.78, 5) is 2.47. The molecule has 2 rings (SSSR count). The number of likely N-dealkylation sites (tertiary alicyclic amines) is 1. The van der Waals surface area contributed by atoms with E-state index in [-0.39, 0.29) is 0 Å². The molecule has 2 fully saturated rings. The molecule has 0 aromatic rings. The van der Waals surface area contributed by atoms with Crippen LogP contribution in [-0.4, -0.2) is 24.5 Å². The molecule has 2 aliphatic rings. The smallest absolute Gasteiger partial charge is 0.0635 e. The van der Waals surface area contributed by atoms with Crippen LogP contribution in [0, 0.1) is 23.2 Å². The molecule has 1 saturated heterocycles. The molecule has 12 heavy (non-hydrogen) atoms. The number of hydrogen-bond acceptors (Lipinski definition) is 2. The van der Waals surface area contributed by atoms with E-state index in [1.54, 1.807) is 0 Å². The van der Waals surface area contributed by atoms with Crippen LogP contribution >= 0.6 is 0 Å². The van der Waals surface area contributed by atoms with E-state index in [1.165, 1.54) is 32.4 Å². The van der Waals surface area contributed by atoms with Crippen LogP contribution in [0.1, 0.15) is 25.7 Å². The molecule has 1 heterocycles. The second-order valence-corrected chi connectivity index (χ2v) is 4.12. The quantitative estimate of drug-likeness (QED) is 0.620. The van der Waals surface area contributed by atoms with Crippen molar-refractivity contribution in [2.45, 2.75) is 25.7 Å². The summed E-state index contributed by atoms with van der Waals surface area (Å²) in [6, 6.07) is 2.22. The Morgan fingerprint density at radius 3 is 2.50 bits per heavy atom. The van der Waals surface area contributed by atoms with Crippen molar-refractivity contribution in [3.05, 3.63) is 0 Å². The Bertz CT molecular complexity index is 183. The van der Waals surface area contributed by atoms with Crippen LogP contribution < -0.4 is 0 Å². The maximum atomic E-state index is 8.45. The molecule has 2 heteroatoms. The highest BCUT2D eigenvalue weighted by molar-refractivity contribution is 4.89. The molecule has 1 aliphatic heterocycles. The van der Waals surface area contributed by atoms with E-state index in [0.717, 1.165) is 18.4 Å². The Hall–Kier alpha value is -0.550. The first-order chi connectivity index (χ1) is 5.90. The maximum absolute atomic E-state index is 8.45. The fraction of sp³-hybridized carbons (Fsp3) is 0.900. The monoisotopic (exact) mass is 164 g/mol. The summed E-state index contributed by atoms with van der Waals surface area (Å²) in [5, 5.41) is 8.45. The molecule has 1 saturated carbocycles. The van der Waals surface area contributed by atoms with Crippen LogP contribution in [-0.2, 0) is 0 Å². The molecule has 0 amide bonds. The highest BCUT2D eigenvalue weighted by atomic mass is 15.2. The van der Waals surface area contributed by atoms with Gasteiger partial charge in [0.2, 0.25) is 0 Å². The van der Waals surface area contributed by atoms with Gasteiger partial charge in [-0.15, -0.1) is 0 Å². The van der Waals surface area contributed by atoms with Gasteiger partial charge in [-0.25, -0.2) is 0 Å². The van der Waals surface area contributed by atoms with Gasteiger partial charge >= 0.3 is 0 Å². The normalized spacial score (nSPS) is 34.9. The number of nitriles is 1. The van der Waals surface area contributed by atoms with E-state index in [1.807, 2.05) is 0 Å². The van der Waals surface area contributed by atoms with Crippen molar-refractivity contribution in [3.63, 3.8) is 0 Å². The van der Waals surface area contributed by atoms with Crippen LogP contribution in [0.5, 0.6) is 0 Å². The molecular weight excluding hydrogens is 148 g/mol. The Balaban J connectivity index is 1.80. The lowest BCUT2D eigenvalue weighted by atomic mass is 10.0. The lowest BCUT2D eigenvalue weighted by molar-refractivity contribution is 0.318. The zero-order valence-corrected chi connectivity index (χ0v) is 7.50. The first kappa shape index (κ1) is 8.07. The summed E-state index contributed by atoms with van der Waals surface area (Å²) < 4.78 is 0. The summed E-state index contributed by atoms with van der Waals surface area (Å²) in [5.74, 6) is 1.95. The van der Waals surface area contributed by atoms with Gasteiger partial charge in [0.15, 0.2) is 0 Å². The van der Waals surface area contributed by atoms with Crippen LogP contribution in [0.25, 0.3) is 0 Å². The van der Waals surface area contributed by atoms with Crippen molar-refractivity contribution in [1.82, 2.24) is 4.90 Å². The lowest BCUT2D eigenvalue weighted by Gasteiger charge is -2.13. The zero-order valence-electron chi connectivity index (χ0n) is 7.50. The van der Waals surface area contributed by atoms with Crippen LogP contribution in [0.3, 0.4) is 0 Å². The molecule has 2 atom stereocenters. The van der Waals surface area contributed by atoms with Gasteiger partial charge in [0.05, 0.1) is 6.07 Å². The first-order valence-corrected chi connectivity index (χ1v) is 4.99. The van der Waals surface area contributed by atoms with E-state index < -0.39 is 0 Å². The van der Waals surface area contributed by atoms with E-state index in [2.05, 4.69) is 11.0 Å². The van der Waals surface area contributed by atoms with Gasteiger partial charge in [-0.3, -0.25) is 0 Å². The number of rotatable bonds is 2. The van der Waals surface area contributed by atoms with Crippen LogP contribution in [0.4, 0.5) is 0 Å². The molecule has 0 bridgehead atoms. The van der Waals surface area contributed by atoms with E-state index >= 15 is 0 Å². The van der Waals surface area contributed by atoms with E-state index in [9.17, 15) is 0 Å². The highest BCUT2D eigenvalue weighted by Gasteiger charge is 2.35. The molecule has 0 unspecified atom stereocenters. The van der Waals surface area contributed by atoms with Crippen molar-refractivity contribution in [1.29, 1.82) is 5.26 Å². The maximum Gasteiger partial charge on any atom is 0.0635 e. The van der Waals surface area contributed by atoms with Crippen LogP contribution in [0.2, 0.25) is 0 Å². The third-order valence-corrected chi connectivity index (χ3v) is 3.34. The molecular formula is C10H16N2. The van der Waals surface area contributed by atoms with Gasteiger partial charge in [0, 0.05) is 26.1 Å². The Labute approximate surface area is 74.2 Å². The van der Waals surface area contributed by atoms with Crippen molar-refractivity contribution < 1.29 is 0 Å². The average Bonchev–Trinajstić information content (AvgIpc) is 2.58. The fourth-order valence-electron chi connectivity index (χ4n) is 2.72. The number of hydrogen-bond donors (Lipinski definition) is 0. The average molecular weight is 164 g/mol. The molecule has 0 spiro atoms. The summed E-state index contributed by atoms with van der Waals surface area (Å²) in [6.07, 6.45) is 5.03. The third kappa shape index (κ3) is 1.47. The molecule has 1 aliphatic carbocycles. The van der Waals surface area contributed by atoms with E-state index in [0.29, 0.717) is 6.42 Å². The Morgan fingerprint density at radius 1 is 1.25 bits per heavy atom. The summed E-state index contributed by atoms with van der Waals surface area (Å²) in [5.41, 5.74) is 0. The fourth-order valence-corrected chi connectivity index (χ4v) is 2.72. The predicted molar refractivity (Wildman–Crippen MR) is 47.5 cm³/mol. The molecule has 0 N–H and O–H groups in total. The van der Waals surface area contributed by atoms with Crippen molar-refractivity contribution in [2.75, 3.05) is 19.6 Å². The van der Waals surface area contributed by atoms with Crippen LogP contribution in [0.15, 0.2) is 0 Å². The largest absolute Gasteiger partial charge is 0.302 e. The van der Waals surface area contributed by atoms with Crippen molar-refractivity contribution in [2.24, 2.45) is 11.8 Å². The second-order valence-electron chi connectivity index (χ2n) is 4.12. The molecule has 0 aromatic carbocycles. The SMILES string of the molecule is N#CCCN1C[C@H]2CCC[C@H]2C1. The zero-order chi connectivity index (χ0) is 8.39. The van der Waals surface area contributed by atoms with Gasteiger partial charge in [-0.1, -0.05) is 6.42 Å². The Morgan fingerprint density at radius 2 is 1.92 bits per heavy atom.